The van der Waals surface area contributed by atoms with Gasteiger partial charge in [0.25, 0.3) is 0 Å². The fourth-order valence-corrected chi connectivity index (χ4v) is 2.83. The summed E-state index contributed by atoms with van der Waals surface area (Å²) in [6, 6.07) is 18.9. The molecule has 0 bridgehead atoms. The molecule has 0 amide bonds. The molecule has 0 fully saturated rings. The van der Waals surface area contributed by atoms with Crippen molar-refractivity contribution in [1.82, 2.24) is 0 Å². The van der Waals surface area contributed by atoms with Gasteiger partial charge in [0.1, 0.15) is 24.0 Å². The van der Waals surface area contributed by atoms with E-state index in [9.17, 15) is 9.90 Å². The number of hydrogen-bond acceptors (Lipinski definition) is 4. The molecule has 0 saturated carbocycles. The maximum Gasteiger partial charge on any atom is 0.335 e. The highest BCUT2D eigenvalue weighted by Gasteiger charge is 2.10. The van der Waals surface area contributed by atoms with Gasteiger partial charge in [-0.1, -0.05) is 36.4 Å². The smallest absolute Gasteiger partial charge is 0.335 e. The largest absolute Gasteiger partial charge is 0.489 e. The van der Waals surface area contributed by atoms with Gasteiger partial charge in [-0.2, -0.15) is 0 Å². The normalized spacial score (nSPS) is 10.3. The number of carboxylic acid groups (broad SMARTS) is 1. The van der Waals surface area contributed by atoms with Crippen LogP contribution < -0.4 is 16.2 Å². The number of nitrogens with one attached hydrogen (secondary N) is 2. The van der Waals surface area contributed by atoms with Crippen LogP contribution in [0.15, 0.2) is 66.7 Å². The molecule has 7 N–H and O–H groups in total. The van der Waals surface area contributed by atoms with Crippen molar-refractivity contribution in [2.45, 2.75) is 6.61 Å². The lowest BCUT2D eigenvalue weighted by molar-refractivity contribution is 0.0696. The Balaban J connectivity index is 1.89. The third-order valence-electron chi connectivity index (χ3n) is 4.32. The highest BCUT2D eigenvalue weighted by atomic mass is 16.5. The lowest BCUT2D eigenvalue weighted by Crippen LogP contribution is -2.11. The van der Waals surface area contributed by atoms with Gasteiger partial charge in [0.15, 0.2) is 0 Å². The minimum Gasteiger partial charge on any atom is -0.489 e. The summed E-state index contributed by atoms with van der Waals surface area (Å²) in [4.78, 5) is 11.6. The van der Waals surface area contributed by atoms with Crippen LogP contribution in [-0.2, 0) is 6.61 Å². The number of nitrogen functional groups attached to an aromatic ring is 2. The zero-order chi connectivity index (χ0) is 21.0. The number of carboxylic acids is 1. The van der Waals surface area contributed by atoms with Crippen LogP contribution in [0.2, 0.25) is 0 Å². The molecule has 0 unspecified atom stereocenters. The molecule has 0 radical (unpaired) electrons. The van der Waals surface area contributed by atoms with Crippen molar-refractivity contribution >= 4 is 17.6 Å². The number of nitrogens with two attached hydrogens (primary N) is 2. The molecule has 3 rings (SSSR count). The summed E-state index contributed by atoms with van der Waals surface area (Å²) in [6.07, 6.45) is 0. The fourth-order valence-electron chi connectivity index (χ4n) is 2.83. The summed E-state index contributed by atoms with van der Waals surface area (Å²) in [7, 11) is 0. The zero-order valence-corrected chi connectivity index (χ0v) is 15.5. The topological polar surface area (TPSA) is 146 Å². The Morgan fingerprint density at radius 2 is 1.52 bits per heavy atom. The van der Waals surface area contributed by atoms with Gasteiger partial charge in [-0.05, 0) is 47.0 Å². The molecule has 3 aromatic rings. The first kappa shape index (κ1) is 19.6. The van der Waals surface area contributed by atoms with Crippen LogP contribution in [0, 0.1) is 10.8 Å². The summed E-state index contributed by atoms with van der Waals surface area (Å²) in [5.41, 5.74) is 14.5. The van der Waals surface area contributed by atoms with Gasteiger partial charge in [-0.3, -0.25) is 10.8 Å². The molecular weight excluding hydrogens is 368 g/mol. The Morgan fingerprint density at radius 1 is 0.828 bits per heavy atom. The van der Waals surface area contributed by atoms with Crippen molar-refractivity contribution in [3.63, 3.8) is 0 Å². The standard InChI is InChI=1S/C22H20N4O3/c23-20(24)15-6-4-14(5-7-15)17-8-13(9-18(10-17)22(27)28)12-29-19-3-1-2-16(11-19)21(25)26/h1-11H,12H2,(H3,23,24)(H3,25,26)(H,27,28). The molecule has 0 atom stereocenters. The summed E-state index contributed by atoms with van der Waals surface area (Å²) in [5.74, 6) is -0.588. The van der Waals surface area contributed by atoms with E-state index >= 15 is 0 Å². The number of aromatic carboxylic acids is 1. The van der Waals surface area contributed by atoms with E-state index in [4.69, 9.17) is 27.0 Å². The quantitative estimate of drug-likeness (QED) is 0.311. The van der Waals surface area contributed by atoms with Gasteiger partial charge in [0.2, 0.25) is 0 Å². The molecule has 0 spiro atoms. The van der Waals surface area contributed by atoms with Gasteiger partial charge in [0.05, 0.1) is 5.56 Å². The van der Waals surface area contributed by atoms with E-state index in [-0.39, 0.29) is 23.8 Å². The van der Waals surface area contributed by atoms with Crippen molar-refractivity contribution in [3.05, 3.63) is 89.0 Å². The average molecular weight is 388 g/mol. The van der Waals surface area contributed by atoms with Gasteiger partial charge >= 0.3 is 5.97 Å². The van der Waals surface area contributed by atoms with Gasteiger partial charge < -0.3 is 21.3 Å². The minimum absolute atomic E-state index is 0.0299. The zero-order valence-electron chi connectivity index (χ0n) is 15.5. The molecule has 7 heteroatoms. The molecule has 7 nitrogen and oxygen atoms in total. The third kappa shape index (κ3) is 4.78. The van der Waals surface area contributed by atoms with Crippen LogP contribution in [0.5, 0.6) is 5.75 Å². The predicted molar refractivity (Wildman–Crippen MR) is 112 cm³/mol. The lowest BCUT2D eigenvalue weighted by atomic mass is 9.99. The molecule has 29 heavy (non-hydrogen) atoms. The monoisotopic (exact) mass is 388 g/mol. The average Bonchev–Trinajstić information content (AvgIpc) is 2.72. The van der Waals surface area contributed by atoms with E-state index in [1.54, 1.807) is 60.7 Å². The molecule has 146 valence electrons. The predicted octanol–water partition coefficient (Wildman–Crippen LogP) is 3.20. The Hall–Kier alpha value is -4.13. The first-order chi connectivity index (χ1) is 13.8. The Kier molecular flexibility index (Phi) is 5.59. The van der Waals surface area contributed by atoms with Crippen LogP contribution in [0.3, 0.4) is 0 Å². The van der Waals surface area contributed by atoms with Crippen LogP contribution in [0.4, 0.5) is 0 Å². The number of rotatable bonds is 7. The number of hydrogen-bond donors (Lipinski definition) is 5. The number of ether oxygens (including phenoxy) is 1. The van der Waals surface area contributed by atoms with Gasteiger partial charge in [-0.25, -0.2) is 4.79 Å². The first-order valence-electron chi connectivity index (χ1n) is 8.73. The SMILES string of the molecule is N=C(N)c1ccc(-c2cc(COc3cccc(C(=N)N)c3)cc(C(=O)O)c2)cc1. The first-order valence-corrected chi connectivity index (χ1v) is 8.73. The van der Waals surface area contributed by atoms with Crippen molar-refractivity contribution in [1.29, 1.82) is 10.8 Å². The van der Waals surface area contributed by atoms with Crippen LogP contribution in [0.25, 0.3) is 11.1 Å². The second-order valence-electron chi connectivity index (χ2n) is 6.44. The van der Waals surface area contributed by atoms with E-state index in [0.29, 0.717) is 22.4 Å². The van der Waals surface area contributed by atoms with E-state index in [1.165, 1.54) is 0 Å². The van der Waals surface area contributed by atoms with Crippen molar-refractivity contribution in [2.75, 3.05) is 0 Å². The van der Waals surface area contributed by atoms with Crippen molar-refractivity contribution < 1.29 is 14.6 Å². The third-order valence-corrected chi connectivity index (χ3v) is 4.32. The number of amidine groups is 2. The second-order valence-corrected chi connectivity index (χ2v) is 6.44. The maximum atomic E-state index is 11.6. The molecule has 3 aromatic carbocycles. The highest BCUT2D eigenvalue weighted by Crippen LogP contribution is 2.24. The summed E-state index contributed by atoms with van der Waals surface area (Å²) in [5, 5.41) is 24.4. The second kappa shape index (κ2) is 8.26. The summed E-state index contributed by atoms with van der Waals surface area (Å²) in [6.45, 7) is 0.154. The van der Waals surface area contributed by atoms with Crippen molar-refractivity contribution in [3.8, 4) is 16.9 Å². The molecule has 0 saturated heterocycles. The van der Waals surface area contributed by atoms with E-state index in [2.05, 4.69) is 0 Å². The van der Waals surface area contributed by atoms with Crippen LogP contribution >= 0.6 is 0 Å². The van der Waals surface area contributed by atoms with E-state index in [1.807, 2.05) is 6.07 Å². The van der Waals surface area contributed by atoms with Gasteiger partial charge in [-0.15, -0.1) is 0 Å². The molecule has 0 aromatic heterocycles. The van der Waals surface area contributed by atoms with Crippen LogP contribution in [-0.4, -0.2) is 22.7 Å². The maximum absolute atomic E-state index is 11.6. The highest BCUT2D eigenvalue weighted by molar-refractivity contribution is 5.96. The molecular formula is C22H20N4O3. The van der Waals surface area contributed by atoms with Crippen molar-refractivity contribution in [2.24, 2.45) is 11.5 Å². The Bertz CT molecular complexity index is 1090. The fraction of sp³-hybridized carbons (Fsp3) is 0.0455. The lowest BCUT2D eigenvalue weighted by Gasteiger charge is -2.11. The summed E-state index contributed by atoms with van der Waals surface area (Å²) < 4.78 is 5.77. The molecule has 0 aliphatic heterocycles. The number of benzene rings is 3. The molecule has 0 aliphatic carbocycles. The van der Waals surface area contributed by atoms with E-state index < -0.39 is 5.97 Å². The molecule has 0 aliphatic rings. The summed E-state index contributed by atoms with van der Waals surface area (Å²) >= 11 is 0. The van der Waals surface area contributed by atoms with Crippen LogP contribution in [0.1, 0.15) is 27.0 Å². The Morgan fingerprint density at radius 3 is 2.14 bits per heavy atom. The molecule has 0 heterocycles. The Labute approximate surface area is 167 Å². The van der Waals surface area contributed by atoms with E-state index in [0.717, 1.165) is 11.1 Å². The van der Waals surface area contributed by atoms with Gasteiger partial charge in [0, 0.05) is 11.1 Å². The number of carbonyl (C=O) groups is 1. The minimum atomic E-state index is -1.04.